The first-order valence-corrected chi connectivity index (χ1v) is 6.12. The summed E-state index contributed by atoms with van der Waals surface area (Å²) in [5.74, 6) is 0.440. The Bertz CT molecular complexity index is 428. The fraction of sp³-hybridized carbons (Fsp3) is 0.533. The molecular weight excluding hydrogens is 208 g/mol. The molecule has 1 heterocycles. The largest absolute Gasteiger partial charge is 0.342 e. The molecule has 0 saturated carbocycles. The second-order valence-corrected chi connectivity index (χ2v) is 5.73. The molecule has 0 N–H and O–H groups in total. The van der Waals surface area contributed by atoms with Crippen LogP contribution in [0.2, 0.25) is 0 Å². The summed E-state index contributed by atoms with van der Waals surface area (Å²) in [6.07, 6.45) is 4.03. The number of hydrogen-bond acceptors (Lipinski definition) is 1. The van der Waals surface area contributed by atoms with Gasteiger partial charge in [-0.25, -0.2) is 0 Å². The first kappa shape index (κ1) is 13.8. The van der Waals surface area contributed by atoms with Crippen molar-refractivity contribution in [1.82, 2.24) is 4.57 Å². The fourth-order valence-electron chi connectivity index (χ4n) is 1.86. The molecule has 1 rings (SSSR count). The van der Waals surface area contributed by atoms with Crippen LogP contribution in [-0.2, 0) is 5.54 Å². The van der Waals surface area contributed by atoms with E-state index < -0.39 is 0 Å². The molecule has 17 heavy (non-hydrogen) atoms. The number of allylic oxidation sites excluding steroid dienone is 1. The molecule has 0 spiro atoms. The van der Waals surface area contributed by atoms with Crippen molar-refractivity contribution in [3.05, 3.63) is 30.1 Å². The van der Waals surface area contributed by atoms with Gasteiger partial charge >= 0.3 is 0 Å². The van der Waals surface area contributed by atoms with E-state index in [1.54, 1.807) is 7.05 Å². The predicted molar refractivity (Wildman–Crippen MR) is 76.8 cm³/mol. The van der Waals surface area contributed by atoms with E-state index in [4.69, 9.17) is 0 Å². The van der Waals surface area contributed by atoms with E-state index in [1.807, 2.05) is 6.21 Å². The molecule has 0 aliphatic rings. The lowest BCUT2D eigenvalue weighted by Gasteiger charge is -2.26. The van der Waals surface area contributed by atoms with Crippen molar-refractivity contribution in [2.45, 2.75) is 40.2 Å². The van der Waals surface area contributed by atoms with Crippen molar-refractivity contribution >= 4 is 11.8 Å². The lowest BCUT2D eigenvalue weighted by molar-refractivity contribution is 0.394. The van der Waals surface area contributed by atoms with Crippen molar-refractivity contribution in [3.8, 4) is 0 Å². The topological polar surface area (TPSA) is 17.3 Å². The van der Waals surface area contributed by atoms with Crippen LogP contribution >= 0.6 is 0 Å². The standard InChI is InChI=1S/C15H24N2/c1-11(2)12(3)14-13(10-16-7)8-9-17(14)15(4,5)6/h8-11H,3H2,1-2,4-7H3/b16-10-. The zero-order valence-electron chi connectivity index (χ0n) is 11.9. The Hall–Kier alpha value is -1.31. The van der Waals surface area contributed by atoms with Gasteiger partial charge in [0.2, 0.25) is 0 Å². The molecule has 1 aromatic rings. The van der Waals surface area contributed by atoms with Crippen LogP contribution in [0.1, 0.15) is 45.9 Å². The monoisotopic (exact) mass is 232 g/mol. The molecule has 0 atom stereocenters. The van der Waals surface area contributed by atoms with Crippen LogP contribution < -0.4 is 0 Å². The van der Waals surface area contributed by atoms with E-state index in [1.165, 1.54) is 11.3 Å². The van der Waals surface area contributed by atoms with Crippen molar-refractivity contribution in [2.75, 3.05) is 7.05 Å². The minimum absolute atomic E-state index is 0.0625. The van der Waals surface area contributed by atoms with Gasteiger partial charge in [0.05, 0.1) is 5.69 Å². The molecule has 2 nitrogen and oxygen atoms in total. The maximum atomic E-state index is 4.23. The van der Waals surface area contributed by atoms with Crippen molar-refractivity contribution in [2.24, 2.45) is 10.9 Å². The van der Waals surface area contributed by atoms with E-state index >= 15 is 0 Å². The molecule has 0 aliphatic carbocycles. The fourth-order valence-corrected chi connectivity index (χ4v) is 1.86. The Labute approximate surface area is 105 Å². The third kappa shape index (κ3) is 2.87. The summed E-state index contributed by atoms with van der Waals surface area (Å²) in [5.41, 5.74) is 3.59. The average Bonchev–Trinajstić information content (AvgIpc) is 2.60. The van der Waals surface area contributed by atoms with Gasteiger partial charge < -0.3 is 4.57 Å². The SMILES string of the molecule is C=C(c1c(/C=N\C)ccn1C(C)(C)C)C(C)C. The summed E-state index contributed by atoms with van der Waals surface area (Å²) in [4.78, 5) is 4.12. The molecule has 0 aliphatic heterocycles. The third-order valence-electron chi connectivity index (χ3n) is 2.91. The third-order valence-corrected chi connectivity index (χ3v) is 2.91. The Kier molecular flexibility index (Phi) is 3.97. The van der Waals surface area contributed by atoms with Gasteiger partial charge in [-0.1, -0.05) is 20.4 Å². The summed E-state index contributed by atoms with van der Waals surface area (Å²) in [5, 5.41) is 0. The van der Waals surface area contributed by atoms with Gasteiger partial charge in [-0.15, -0.1) is 0 Å². The van der Waals surface area contributed by atoms with Gasteiger partial charge in [-0.2, -0.15) is 0 Å². The van der Waals surface area contributed by atoms with Gasteiger partial charge in [0, 0.05) is 30.6 Å². The van der Waals surface area contributed by atoms with Gasteiger partial charge in [0.1, 0.15) is 0 Å². The summed E-state index contributed by atoms with van der Waals surface area (Å²) < 4.78 is 2.28. The zero-order chi connectivity index (χ0) is 13.2. The summed E-state index contributed by atoms with van der Waals surface area (Å²) in [7, 11) is 1.80. The molecule has 0 radical (unpaired) electrons. The highest BCUT2D eigenvalue weighted by molar-refractivity contribution is 5.87. The van der Waals surface area contributed by atoms with Crippen LogP contribution in [0, 0.1) is 5.92 Å². The molecule has 0 fully saturated rings. The van der Waals surface area contributed by atoms with Gasteiger partial charge in [0.15, 0.2) is 0 Å². The van der Waals surface area contributed by atoms with E-state index in [9.17, 15) is 0 Å². The Morgan fingerprint density at radius 2 is 2.00 bits per heavy atom. The summed E-state index contributed by atoms with van der Waals surface area (Å²) >= 11 is 0. The molecule has 0 unspecified atom stereocenters. The van der Waals surface area contributed by atoms with E-state index in [0.29, 0.717) is 5.92 Å². The molecular formula is C15H24N2. The van der Waals surface area contributed by atoms with Crippen LogP contribution in [0.5, 0.6) is 0 Å². The maximum absolute atomic E-state index is 4.23. The number of hydrogen-bond donors (Lipinski definition) is 0. The lowest BCUT2D eigenvalue weighted by atomic mass is 9.97. The highest BCUT2D eigenvalue weighted by Gasteiger charge is 2.21. The molecule has 0 amide bonds. The van der Waals surface area contributed by atoms with Crippen LogP contribution in [0.25, 0.3) is 5.57 Å². The number of nitrogens with zero attached hydrogens (tertiary/aromatic N) is 2. The molecule has 2 heteroatoms. The smallest absolute Gasteiger partial charge is 0.0529 e. The number of aromatic nitrogens is 1. The van der Waals surface area contributed by atoms with E-state index in [2.05, 4.69) is 63.0 Å². The second kappa shape index (κ2) is 4.91. The summed E-state index contributed by atoms with van der Waals surface area (Å²) in [6.45, 7) is 15.2. The minimum atomic E-state index is 0.0625. The van der Waals surface area contributed by atoms with Crippen molar-refractivity contribution in [3.63, 3.8) is 0 Å². The molecule has 0 bridgehead atoms. The van der Waals surface area contributed by atoms with E-state index in [-0.39, 0.29) is 5.54 Å². The van der Waals surface area contributed by atoms with Crippen LogP contribution in [-0.4, -0.2) is 17.8 Å². The predicted octanol–water partition coefficient (Wildman–Crippen LogP) is 3.96. The first-order valence-electron chi connectivity index (χ1n) is 6.12. The summed E-state index contributed by atoms with van der Waals surface area (Å²) in [6, 6.07) is 2.11. The molecule has 0 aromatic carbocycles. The second-order valence-electron chi connectivity index (χ2n) is 5.73. The van der Waals surface area contributed by atoms with Gasteiger partial charge in [-0.05, 0) is 38.3 Å². The minimum Gasteiger partial charge on any atom is -0.342 e. The normalized spacial score (nSPS) is 12.6. The van der Waals surface area contributed by atoms with E-state index in [0.717, 1.165) is 5.56 Å². The van der Waals surface area contributed by atoms with Crippen LogP contribution in [0.15, 0.2) is 23.8 Å². The highest BCUT2D eigenvalue weighted by Crippen LogP contribution is 2.29. The number of rotatable bonds is 3. The van der Waals surface area contributed by atoms with Gasteiger partial charge in [-0.3, -0.25) is 4.99 Å². The molecule has 94 valence electrons. The van der Waals surface area contributed by atoms with Crippen LogP contribution in [0.3, 0.4) is 0 Å². The molecule has 1 aromatic heterocycles. The maximum Gasteiger partial charge on any atom is 0.0529 e. The highest BCUT2D eigenvalue weighted by atomic mass is 15.0. The number of aliphatic imine (C=N–C) groups is 1. The quantitative estimate of drug-likeness (QED) is 0.702. The average molecular weight is 232 g/mol. The lowest BCUT2D eigenvalue weighted by Crippen LogP contribution is -2.23. The first-order chi connectivity index (χ1) is 7.79. The Morgan fingerprint density at radius 3 is 2.41 bits per heavy atom. The van der Waals surface area contributed by atoms with Crippen LogP contribution in [0.4, 0.5) is 0 Å². The Morgan fingerprint density at radius 1 is 1.41 bits per heavy atom. The van der Waals surface area contributed by atoms with Crippen molar-refractivity contribution in [1.29, 1.82) is 0 Å². The molecule has 0 saturated heterocycles. The Balaban J connectivity index is 3.40. The van der Waals surface area contributed by atoms with Gasteiger partial charge in [0.25, 0.3) is 0 Å². The zero-order valence-corrected chi connectivity index (χ0v) is 11.9. The van der Waals surface area contributed by atoms with Crippen molar-refractivity contribution < 1.29 is 0 Å².